The van der Waals surface area contributed by atoms with Crippen LogP contribution in [0, 0.1) is 0 Å². The van der Waals surface area contributed by atoms with E-state index in [1.54, 1.807) is 54.0 Å². The minimum absolute atomic E-state index is 0.0853. The highest BCUT2D eigenvalue weighted by Crippen LogP contribution is 2.16. The molecule has 2 aromatic carbocycles. The molecule has 8 heteroatoms. The van der Waals surface area contributed by atoms with Gasteiger partial charge in [-0.25, -0.2) is 9.78 Å². The fourth-order valence-corrected chi connectivity index (χ4v) is 2.98. The summed E-state index contributed by atoms with van der Waals surface area (Å²) in [6.45, 7) is 0. The molecule has 0 saturated carbocycles. The molecule has 3 rings (SSSR count). The number of thiazole rings is 1. The molecular weight excluding hydrogens is 366 g/mol. The number of amides is 2. The van der Waals surface area contributed by atoms with E-state index in [0.717, 1.165) is 0 Å². The van der Waals surface area contributed by atoms with Crippen LogP contribution in [0.25, 0.3) is 0 Å². The number of anilines is 2. The van der Waals surface area contributed by atoms with Crippen LogP contribution < -0.4 is 10.6 Å². The SMILES string of the molecule is O=C(Cc1ccccc1C(=O)O)Nc1cccc(C(=O)Nc2nccs2)c1. The molecule has 3 aromatic rings. The minimum Gasteiger partial charge on any atom is -0.478 e. The van der Waals surface area contributed by atoms with Gasteiger partial charge >= 0.3 is 5.97 Å². The minimum atomic E-state index is -1.08. The fourth-order valence-electron chi connectivity index (χ4n) is 2.45. The largest absolute Gasteiger partial charge is 0.478 e. The van der Waals surface area contributed by atoms with E-state index < -0.39 is 5.97 Å². The number of hydrogen-bond acceptors (Lipinski definition) is 5. The van der Waals surface area contributed by atoms with E-state index in [4.69, 9.17) is 0 Å². The lowest BCUT2D eigenvalue weighted by atomic mass is 10.0. The fraction of sp³-hybridized carbons (Fsp3) is 0.0526. The summed E-state index contributed by atoms with van der Waals surface area (Å²) >= 11 is 1.30. The van der Waals surface area contributed by atoms with Gasteiger partial charge in [0.1, 0.15) is 0 Å². The summed E-state index contributed by atoms with van der Waals surface area (Å²) in [7, 11) is 0. The van der Waals surface area contributed by atoms with Crippen molar-refractivity contribution in [2.45, 2.75) is 6.42 Å². The van der Waals surface area contributed by atoms with Crippen molar-refractivity contribution in [2.75, 3.05) is 10.6 Å². The van der Waals surface area contributed by atoms with Crippen LogP contribution in [-0.2, 0) is 11.2 Å². The number of aromatic carboxylic acids is 1. The van der Waals surface area contributed by atoms with Gasteiger partial charge in [0.2, 0.25) is 5.91 Å². The van der Waals surface area contributed by atoms with Crippen LogP contribution in [0.15, 0.2) is 60.1 Å². The summed E-state index contributed by atoms with van der Waals surface area (Å²) in [5.74, 6) is -1.79. The highest BCUT2D eigenvalue weighted by atomic mass is 32.1. The number of carbonyl (C=O) groups excluding carboxylic acids is 2. The second-order valence-corrected chi connectivity index (χ2v) is 6.45. The first-order valence-corrected chi connectivity index (χ1v) is 8.83. The summed E-state index contributed by atoms with van der Waals surface area (Å²) in [6.07, 6.45) is 1.50. The molecule has 0 atom stereocenters. The number of rotatable bonds is 6. The Morgan fingerprint density at radius 1 is 1.04 bits per heavy atom. The van der Waals surface area contributed by atoms with Gasteiger partial charge in [0.25, 0.3) is 5.91 Å². The van der Waals surface area contributed by atoms with E-state index >= 15 is 0 Å². The lowest BCUT2D eigenvalue weighted by molar-refractivity contribution is -0.115. The van der Waals surface area contributed by atoms with Crippen LogP contribution in [0.1, 0.15) is 26.3 Å². The maximum atomic E-state index is 12.3. The molecule has 0 spiro atoms. The van der Waals surface area contributed by atoms with Gasteiger partial charge in [-0.15, -0.1) is 11.3 Å². The van der Waals surface area contributed by atoms with Gasteiger partial charge in [-0.3, -0.25) is 14.9 Å². The molecule has 0 aliphatic rings. The zero-order valence-electron chi connectivity index (χ0n) is 14.0. The molecule has 2 amide bonds. The second kappa shape index (κ2) is 8.24. The van der Waals surface area contributed by atoms with Crippen molar-refractivity contribution in [3.8, 4) is 0 Å². The first-order valence-electron chi connectivity index (χ1n) is 7.95. The number of aromatic nitrogens is 1. The molecule has 0 bridgehead atoms. The normalized spacial score (nSPS) is 10.2. The standard InChI is InChI=1S/C19H15N3O4S/c23-16(11-12-4-1-2-7-15(12)18(25)26)21-14-6-3-5-13(10-14)17(24)22-19-20-8-9-27-19/h1-10H,11H2,(H,21,23)(H,25,26)(H,20,22,24). The summed E-state index contributed by atoms with van der Waals surface area (Å²) in [6, 6.07) is 12.8. The van der Waals surface area contributed by atoms with Gasteiger partial charge in [-0.05, 0) is 29.8 Å². The van der Waals surface area contributed by atoms with E-state index in [9.17, 15) is 19.5 Å². The molecular formula is C19H15N3O4S. The predicted molar refractivity (Wildman–Crippen MR) is 102 cm³/mol. The third kappa shape index (κ3) is 4.77. The van der Waals surface area contributed by atoms with Gasteiger partial charge in [0.15, 0.2) is 5.13 Å². The van der Waals surface area contributed by atoms with Crippen molar-refractivity contribution in [2.24, 2.45) is 0 Å². The Balaban J connectivity index is 1.68. The van der Waals surface area contributed by atoms with Crippen molar-refractivity contribution in [3.05, 3.63) is 76.8 Å². The maximum absolute atomic E-state index is 12.3. The summed E-state index contributed by atoms with van der Waals surface area (Å²) in [4.78, 5) is 39.7. The van der Waals surface area contributed by atoms with Gasteiger partial charge in [-0.1, -0.05) is 24.3 Å². The average Bonchev–Trinajstić information content (AvgIpc) is 3.15. The number of carboxylic acid groups (broad SMARTS) is 1. The average molecular weight is 381 g/mol. The number of carbonyl (C=O) groups is 3. The lowest BCUT2D eigenvalue weighted by Crippen LogP contribution is -2.17. The lowest BCUT2D eigenvalue weighted by Gasteiger charge is -2.09. The molecule has 0 radical (unpaired) electrons. The molecule has 1 heterocycles. The van der Waals surface area contributed by atoms with Gasteiger partial charge in [0, 0.05) is 22.8 Å². The predicted octanol–water partition coefficient (Wildman–Crippen LogP) is 3.27. The van der Waals surface area contributed by atoms with Crippen molar-refractivity contribution in [1.82, 2.24) is 4.98 Å². The van der Waals surface area contributed by atoms with Crippen LogP contribution in [0.2, 0.25) is 0 Å². The first-order chi connectivity index (χ1) is 13.0. The van der Waals surface area contributed by atoms with Crippen LogP contribution in [0.5, 0.6) is 0 Å². The molecule has 0 fully saturated rings. The molecule has 0 aliphatic heterocycles. The Bertz CT molecular complexity index is 986. The molecule has 1 aromatic heterocycles. The molecule has 0 unspecified atom stereocenters. The molecule has 0 aliphatic carbocycles. The Kier molecular flexibility index (Phi) is 5.58. The summed E-state index contributed by atoms with van der Waals surface area (Å²) in [5, 5.41) is 16.8. The first kappa shape index (κ1) is 18.3. The van der Waals surface area contributed by atoms with Crippen LogP contribution in [0.4, 0.5) is 10.8 Å². The van der Waals surface area contributed by atoms with Crippen molar-refractivity contribution in [1.29, 1.82) is 0 Å². The maximum Gasteiger partial charge on any atom is 0.335 e. The molecule has 0 saturated heterocycles. The Hall–Kier alpha value is -3.52. The zero-order valence-corrected chi connectivity index (χ0v) is 14.8. The van der Waals surface area contributed by atoms with Gasteiger partial charge < -0.3 is 10.4 Å². The Morgan fingerprint density at radius 3 is 2.59 bits per heavy atom. The van der Waals surface area contributed by atoms with Crippen LogP contribution in [0.3, 0.4) is 0 Å². The van der Waals surface area contributed by atoms with E-state index in [2.05, 4.69) is 15.6 Å². The van der Waals surface area contributed by atoms with Crippen molar-refractivity contribution >= 4 is 39.9 Å². The topological polar surface area (TPSA) is 108 Å². The number of benzene rings is 2. The molecule has 136 valence electrons. The third-order valence-electron chi connectivity index (χ3n) is 3.66. The van der Waals surface area contributed by atoms with E-state index in [-0.39, 0.29) is 23.8 Å². The Labute approximate surface area is 158 Å². The number of nitrogens with zero attached hydrogens (tertiary/aromatic N) is 1. The second-order valence-electron chi connectivity index (χ2n) is 5.56. The zero-order chi connectivity index (χ0) is 19.2. The molecule has 3 N–H and O–H groups in total. The summed E-state index contributed by atoms with van der Waals surface area (Å²) < 4.78 is 0. The van der Waals surface area contributed by atoms with Crippen molar-refractivity contribution in [3.63, 3.8) is 0 Å². The summed E-state index contributed by atoms with van der Waals surface area (Å²) in [5.41, 5.74) is 1.32. The molecule has 27 heavy (non-hydrogen) atoms. The molecule has 7 nitrogen and oxygen atoms in total. The van der Waals surface area contributed by atoms with Gasteiger partial charge in [-0.2, -0.15) is 0 Å². The Morgan fingerprint density at radius 2 is 1.85 bits per heavy atom. The monoisotopic (exact) mass is 381 g/mol. The van der Waals surface area contributed by atoms with Crippen LogP contribution >= 0.6 is 11.3 Å². The van der Waals surface area contributed by atoms with Crippen LogP contribution in [-0.4, -0.2) is 27.9 Å². The number of hydrogen-bond donors (Lipinski definition) is 3. The van der Waals surface area contributed by atoms with Crippen molar-refractivity contribution < 1.29 is 19.5 Å². The van der Waals surface area contributed by atoms with E-state index in [1.165, 1.54) is 17.4 Å². The van der Waals surface area contributed by atoms with Gasteiger partial charge in [0.05, 0.1) is 12.0 Å². The highest BCUT2D eigenvalue weighted by Gasteiger charge is 2.13. The van der Waals surface area contributed by atoms with E-state index in [0.29, 0.717) is 21.9 Å². The smallest absolute Gasteiger partial charge is 0.335 e. The third-order valence-corrected chi connectivity index (χ3v) is 4.35. The number of carboxylic acids is 1. The number of nitrogens with one attached hydrogen (secondary N) is 2. The van der Waals surface area contributed by atoms with E-state index in [1.807, 2.05) is 0 Å². The highest BCUT2D eigenvalue weighted by molar-refractivity contribution is 7.13. The quantitative estimate of drug-likeness (QED) is 0.607.